The molecule has 0 unspecified atom stereocenters. The first-order valence-electron chi connectivity index (χ1n) is 11.3. The van der Waals surface area contributed by atoms with Gasteiger partial charge in [0.05, 0.1) is 0 Å². The Morgan fingerprint density at radius 2 is 1.63 bits per heavy atom. The fraction of sp³-hybridized carbons (Fsp3) is 0.625. The number of nitrogens with zero attached hydrogens (tertiary/aromatic N) is 1. The van der Waals surface area contributed by atoms with Gasteiger partial charge in [0.2, 0.25) is 5.91 Å². The maximum Gasteiger partial charge on any atom is 0.325 e. The van der Waals surface area contributed by atoms with Crippen molar-refractivity contribution in [3.05, 3.63) is 35.4 Å². The third kappa shape index (κ3) is 3.72. The zero-order valence-electron chi connectivity index (χ0n) is 17.4. The van der Waals surface area contributed by atoms with Gasteiger partial charge in [-0.3, -0.25) is 14.4 Å². The van der Waals surface area contributed by atoms with E-state index < -0.39 is 5.97 Å². The number of benzene rings is 1. The molecule has 2 amide bonds. The van der Waals surface area contributed by atoms with Crippen LogP contribution in [0.4, 0.5) is 0 Å². The van der Waals surface area contributed by atoms with E-state index in [4.69, 9.17) is 4.74 Å². The molecular formula is C24H30N2O4. The Hall–Kier alpha value is -2.37. The van der Waals surface area contributed by atoms with Crippen LogP contribution in [0.5, 0.6) is 0 Å². The van der Waals surface area contributed by atoms with Gasteiger partial charge in [-0.1, -0.05) is 24.3 Å². The van der Waals surface area contributed by atoms with Crippen LogP contribution in [0.15, 0.2) is 24.3 Å². The molecule has 1 aromatic rings. The summed E-state index contributed by atoms with van der Waals surface area (Å²) in [5.41, 5.74) is 2.14. The van der Waals surface area contributed by atoms with Gasteiger partial charge in [-0.2, -0.15) is 0 Å². The molecule has 1 N–H and O–H groups in total. The van der Waals surface area contributed by atoms with Gasteiger partial charge in [-0.25, -0.2) is 0 Å². The molecular weight excluding hydrogens is 380 g/mol. The maximum atomic E-state index is 12.9. The molecule has 0 atom stereocenters. The van der Waals surface area contributed by atoms with E-state index in [0.29, 0.717) is 30.8 Å². The second-order valence-electron chi connectivity index (χ2n) is 9.88. The standard InChI is InChI=1S/C24H30N2O4/c27-21(26-6-5-19-3-1-2-4-20(19)14-26)15-30-22(28)13-25-23(29)24-10-16-7-17(11-24)9-18(8-16)12-24/h1-4,16-18H,5-15H2,(H,25,29). The summed E-state index contributed by atoms with van der Waals surface area (Å²) < 4.78 is 5.17. The summed E-state index contributed by atoms with van der Waals surface area (Å²) in [6.45, 7) is 0.760. The number of esters is 1. The molecule has 0 saturated heterocycles. The molecule has 4 fully saturated rings. The van der Waals surface area contributed by atoms with E-state index in [1.807, 2.05) is 18.2 Å². The van der Waals surface area contributed by atoms with Crippen molar-refractivity contribution in [2.75, 3.05) is 19.7 Å². The van der Waals surface area contributed by atoms with Crippen LogP contribution in [0.2, 0.25) is 0 Å². The predicted octanol–water partition coefficient (Wildman–Crippen LogP) is 2.45. The minimum atomic E-state index is -0.543. The first-order valence-corrected chi connectivity index (χ1v) is 11.3. The third-order valence-electron chi connectivity index (χ3n) is 7.75. The van der Waals surface area contributed by atoms with E-state index in [2.05, 4.69) is 11.4 Å². The molecule has 1 aromatic carbocycles. The molecule has 6 rings (SSSR count). The number of rotatable bonds is 5. The fourth-order valence-corrected chi connectivity index (χ4v) is 6.72. The Bertz CT molecular complexity index is 829. The molecule has 0 spiro atoms. The van der Waals surface area contributed by atoms with Crippen LogP contribution in [0.3, 0.4) is 0 Å². The van der Waals surface area contributed by atoms with Gasteiger partial charge in [-0.15, -0.1) is 0 Å². The summed E-state index contributed by atoms with van der Waals surface area (Å²) in [5, 5.41) is 2.82. The topological polar surface area (TPSA) is 75.7 Å². The number of hydrogen-bond acceptors (Lipinski definition) is 4. The zero-order valence-corrected chi connectivity index (χ0v) is 17.4. The highest BCUT2D eigenvalue weighted by molar-refractivity contribution is 5.87. The number of carbonyl (C=O) groups is 3. The van der Waals surface area contributed by atoms with E-state index in [-0.39, 0.29) is 30.4 Å². The monoisotopic (exact) mass is 410 g/mol. The van der Waals surface area contributed by atoms with Gasteiger partial charge in [0.1, 0.15) is 6.54 Å². The quantitative estimate of drug-likeness (QED) is 0.757. The molecule has 0 radical (unpaired) electrons. The highest BCUT2D eigenvalue weighted by Gasteiger charge is 2.54. The van der Waals surface area contributed by atoms with E-state index in [9.17, 15) is 14.4 Å². The Kier molecular flexibility index (Phi) is 5.03. The average Bonchev–Trinajstić information content (AvgIpc) is 2.74. The molecule has 6 heteroatoms. The minimum absolute atomic E-state index is 0.0116. The van der Waals surface area contributed by atoms with Gasteiger partial charge in [-0.05, 0) is 73.8 Å². The van der Waals surface area contributed by atoms with Crippen LogP contribution < -0.4 is 5.32 Å². The molecule has 160 valence electrons. The third-order valence-corrected chi connectivity index (χ3v) is 7.75. The molecule has 4 saturated carbocycles. The lowest BCUT2D eigenvalue weighted by molar-refractivity contribution is -0.154. The fourth-order valence-electron chi connectivity index (χ4n) is 6.72. The number of hydrogen-bond donors (Lipinski definition) is 1. The largest absolute Gasteiger partial charge is 0.454 e. The van der Waals surface area contributed by atoms with Crippen molar-refractivity contribution in [3.8, 4) is 0 Å². The van der Waals surface area contributed by atoms with Gasteiger partial charge < -0.3 is 15.0 Å². The summed E-state index contributed by atoms with van der Waals surface area (Å²) in [6, 6.07) is 8.10. The number of fused-ring (bicyclic) bond motifs is 1. The van der Waals surface area contributed by atoms with Crippen molar-refractivity contribution in [1.82, 2.24) is 10.2 Å². The van der Waals surface area contributed by atoms with Gasteiger partial charge in [0.25, 0.3) is 5.91 Å². The van der Waals surface area contributed by atoms with Crippen LogP contribution in [0.25, 0.3) is 0 Å². The summed E-state index contributed by atoms with van der Waals surface area (Å²) in [6.07, 6.45) is 7.54. The van der Waals surface area contributed by atoms with Crippen molar-refractivity contribution in [1.29, 1.82) is 0 Å². The number of carbonyl (C=O) groups excluding carboxylic acids is 3. The summed E-state index contributed by atoms with van der Waals surface area (Å²) in [5.74, 6) is 1.32. The molecule has 1 aliphatic heterocycles. The van der Waals surface area contributed by atoms with Gasteiger partial charge >= 0.3 is 5.97 Å². The van der Waals surface area contributed by atoms with Crippen LogP contribution in [0, 0.1) is 23.2 Å². The van der Waals surface area contributed by atoms with E-state index in [1.54, 1.807) is 4.90 Å². The molecule has 6 nitrogen and oxygen atoms in total. The molecule has 1 heterocycles. The highest BCUT2D eigenvalue weighted by atomic mass is 16.5. The van der Waals surface area contributed by atoms with Crippen LogP contribution >= 0.6 is 0 Å². The number of amides is 2. The Labute approximate surface area is 177 Å². The molecule has 5 aliphatic rings. The summed E-state index contributed by atoms with van der Waals surface area (Å²) in [7, 11) is 0. The van der Waals surface area contributed by atoms with Crippen LogP contribution in [-0.4, -0.2) is 42.4 Å². The normalized spacial score (nSPS) is 31.2. The van der Waals surface area contributed by atoms with Crippen molar-refractivity contribution in [2.24, 2.45) is 23.2 Å². The first kappa shape index (κ1) is 19.6. The van der Waals surface area contributed by atoms with Crippen molar-refractivity contribution in [2.45, 2.75) is 51.5 Å². The van der Waals surface area contributed by atoms with Crippen LogP contribution in [0.1, 0.15) is 49.7 Å². The van der Waals surface area contributed by atoms with Crippen molar-refractivity contribution < 1.29 is 19.1 Å². The number of ether oxygens (including phenoxy) is 1. The first-order chi connectivity index (χ1) is 14.5. The predicted molar refractivity (Wildman–Crippen MR) is 110 cm³/mol. The maximum absolute atomic E-state index is 12.9. The van der Waals surface area contributed by atoms with Crippen molar-refractivity contribution in [3.63, 3.8) is 0 Å². The number of nitrogens with one attached hydrogen (secondary N) is 1. The van der Waals surface area contributed by atoms with Crippen molar-refractivity contribution >= 4 is 17.8 Å². The lowest BCUT2D eigenvalue weighted by atomic mass is 9.49. The molecule has 4 bridgehead atoms. The second kappa shape index (κ2) is 7.71. The van der Waals surface area contributed by atoms with Gasteiger partial charge in [0.15, 0.2) is 6.61 Å². The average molecular weight is 411 g/mol. The molecule has 4 aliphatic carbocycles. The molecule has 0 aromatic heterocycles. The smallest absolute Gasteiger partial charge is 0.325 e. The van der Waals surface area contributed by atoms with E-state index >= 15 is 0 Å². The molecule has 30 heavy (non-hydrogen) atoms. The zero-order chi connectivity index (χ0) is 20.7. The summed E-state index contributed by atoms with van der Waals surface area (Å²) in [4.78, 5) is 39.2. The second-order valence-corrected chi connectivity index (χ2v) is 9.88. The Morgan fingerprint density at radius 1 is 1.00 bits per heavy atom. The van der Waals surface area contributed by atoms with E-state index in [1.165, 1.54) is 24.8 Å². The summed E-state index contributed by atoms with van der Waals surface area (Å²) >= 11 is 0. The minimum Gasteiger partial charge on any atom is -0.454 e. The van der Waals surface area contributed by atoms with Gasteiger partial charge in [0, 0.05) is 18.5 Å². The lowest BCUT2D eigenvalue weighted by Gasteiger charge is -2.55. The van der Waals surface area contributed by atoms with Crippen LogP contribution in [-0.2, 0) is 32.1 Å². The highest BCUT2D eigenvalue weighted by Crippen LogP contribution is 2.60. The van der Waals surface area contributed by atoms with E-state index in [0.717, 1.165) is 31.2 Å². The Morgan fingerprint density at radius 3 is 2.30 bits per heavy atom. The SMILES string of the molecule is O=C(CNC(=O)C12CC3CC(CC(C3)C1)C2)OCC(=O)N1CCc2ccccc2C1. The Balaban J connectivity index is 1.08. The lowest BCUT2D eigenvalue weighted by Crippen LogP contribution is -2.54.